The number of para-hydroxylation sites is 2. The second-order valence-corrected chi connectivity index (χ2v) is 9.47. The van der Waals surface area contributed by atoms with Crippen LogP contribution in [0.15, 0.2) is 65.1 Å². The number of carbonyl (C=O) groups is 3. The Morgan fingerprint density at radius 1 is 1.00 bits per heavy atom. The van der Waals surface area contributed by atoms with Crippen LogP contribution >= 0.6 is 0 Å². The molecule has 1 aliphatic rings. The third-order valence-corrected chi connectivity index (χ3v) is 5.96. The molecule has 11 heteroatoms. The summed E-state index contributed by atoms with van der Waals surface area (Å²) in [6.07, 6.45) is -4.28. The largest absolute Gasteiger partial charge is 0.487 e. The van der Waals surface area contributed by atoms with E-state index in [1.54, 1.807) is 24.3 Å². The van der Waals surface area contributed by atoms with Gasteiger partial charge in [0, 0.05) is 5.56 Å². The Balaban J connectivity index is 1.45. The lowest BCUT2D eigenvalue weighted by atomic mass is 10.0. The molecule has 1 unspecified atom stereocenters. The first-order chi connectivity index (χ1) is 18.5. The van der Waals surface area contributed by atoms with Crippen LogP contribution in [0, 0.1) is 5.92 Å². The quantitative estimate of drug-likeness (QED) is 0.449. The number of benzene rings is 2. The monoisotopic (exact) mass is 544 g/mol. The van der Waals surface area contributed by atoms with Crippen LogP contribution in [-0.2, 0) is 15.8 Å². The molecule has 8 nitrogen and oxygen atoms in total. The molecule has 0 bridgehead atoms. The number of halogens is 3. The predicted molar refractivity (Wildman–Crippen MR) is 134 cm³/mol. The summed E-state index contributed by atoms with van der Waals surface area (Å²) in [7, 11) is 0. The Bertz CT molecular complexity index is 1350. The van der Waals surface area contributed by atoms with Gasteiger partial charge in [0.25, 0.3) is 5.91 Å². The van der Waals surface area contributed by atoms with E-state index < -0.39 is 41.4 Å². The molecule has 0 fully saturated rings. The second kappa shape index (κ2) is 11.6. The van der Waals surface area contributed by atoms with Gasteiger partial charge >= 0.3 is 6.18 Å². The van der Waals surface area contributed by atoms with Gasteiger partial charge in [0.05, 0.1) is 5.56 Å². The van der Waals surface area contributed by atoms with Crippen molar-refractivity contribution in [1.82, 2.24) is 10.6 Å². The molecule has 0 saturated carbocycles. The fraction of sp³-hybridized carbons (Fsp3) is 0.321. The van der Waals surface area contributed by atoms with Crippen LogP contribution in [0.3, 0.4) is 0 Å². The lowest BCUT2D eigenvalue weighted by Gasteiger charge is -2.25. The van der Waals surface area contributed by atoms with E-state index in [1.165, 1.54) is 24.3 Å². The van der Waals surface area contributed by atoms with Crippen molar-refractivity contribution in [2.75, 3.05) is 13.2 Å². The number of ether oxygens (including phenoxy) is 2. The topological polar surface area (TPSA) is 107 Å². The van der Waals surface area contributed by atoms with Crippen LogP contribution in [0.2, 0.25) is 0 Å². The Kier molecular flexibility index (Phi) is 8.27. The predicted octanol–water partition coefficient (Wildman–Crippen LogP) is 4.64. The number of furan rings is 1. The number of rotatable bonds is 7. The van der Waals surface area contributed by atoms with Crippen molar-refractivity contribution >= 4 is 17.6 Å². The highest BCUT2D eigenvalue weighted by Crippen LogP contribution is 2.33. The fourth-order valence-corrected chi connectivity index (χ4v) is 3.99. The van der Waals surface area contributed by atoms with Gasteiger partial charge in [0.1, 0.15) is 31.1 Å². The smallest absolute Gasteiger partial charge is 0.416 e. The zero-order valence-corrected chi connectivity index (χ0v) is 21.2. The van der Waals surface area contributed by atoms with Crippen molar-refractivity contribution in [1.29, 1.82) is 0 Å². The average Bonchev–Trinajstić information content (AvgIpc) is 3.39. The summed E-state index contributed by atoms with van der Waals surface area (Å²) < 4.78 is 55.9. The van der Waals surface area contributed by atoms with Gasteiger partial charge in [-0.25, -0.2) is 0 Å². The van der Waals surface area contributed by atoms with Crippen molar-refractivity contribution in [3.63, 3.8) is 0 Å². The Labute approximate surface area is 222 Å². The van der Waals surface area contributed by atoms with E-state index in [-0.39, 0.29) is 42.6 Å². The summed E-state index contributed by atoms with van der Waals surface area (Å²) >= 11 is 0. The van der Waals surface area contributed by atoms with E-state index >= 15 is 0 Å². The fourth-order valence-electron chi connectivity index (χ4n) is 3.99. The summed E-state index contributed by atoms with van der Waals surface area (Å²) in [6, 6.07) is 12.0. The number of fused-ring (bicyclic) bond motifs is 1. The Morgan fingerprint density at radius 3 is 2.41 bits per heavy atom. The third kappa shape index (κ3) is 6.98. The molecule has 0 aliphatic carbocycles. The summed E-state index contributed by atoms with van der Waals surface area (Å²) in [5.74, 6) is -0.992. The Hall–Kier alpha value is -4.28. The van der Waals surface area contributed by atoms with Gasteiger partial charge in [-0.1, -0.05) is 38.1 Å². The minimum Gasteiger partial charge on any atom is -0.487 e. The molecule has 4 rings (SSSR count). The highest BCUT2D eigenvalue weighted by Gasteiger charge is 2.32. The minimum absolute atomic E-state index is 0.00202. The number of nitrogens with one attached hydrogen (secondary N) is 2. The van der Waals surface area contributed by atoms with Crippen LogP contribution in [0.5, 0.6) is 11.5 Å². The first kappa shape index (κ1) is 27.7. The molecule has 39 heavy (non-hydrogen) atoms. The maximum Gasteiger partial charge on any atom is 0.416 e. The highest BCUT2D eigenvalue weighted by molar-refractivity contribution is 5.97. The number of alkyl halides is 3. The van der Waals surface area contributed by atoms with Crippen molar-refractivity contribution in [3.8, 4) is 22.8 Å². The minimum atomic E-state index is -4.53. The normalized spacial score (nSPS) is 16.3. The van der Waals surface area contributed by atoms with Crippen LogP contribution in [-0.4, -0.2) is 42.9 Å². The van der Waals surface area contributed by atoms with Crippen molar-refractivity contribution in [2.45, 2.75) is 38.5 Å². The lowest BCUT2D eigenvalue weighted by molar-refractivity contribution is -0.137. The molecule has 1 aliphatic heterocycles. The van der Waals surface area contributed by atoms with Gasteiger partial charge in [-0.2, -0.15) is 13.2 Å². The summed E-state index contributed by atoms with van der Waals surface area (Å²) in [5.41, 5.74) is -0.704. The third-order valence-electron chi connectivity index (χ3n) is 5.96. The molecule has 2 N–H and O–H groups in total. The molecule has 1 aromatic heterocycles. The number of ketones is 1. The van der Waals surface area contributed by atoms with E-state index in [9.17, 15) is 27.6 Å². The lowest BCUT2D eigenvalue weighted by Crippen LogP contribution is -2.54. The Morgan fingerprint density at radius 2 is 1.72 bits per heavy atom. The number of amides is 2. The number of hydrogen-bond acceptors (Lipinski definition) is 6. The van der Waals surface area contributed by atoms with Gasteiger partial charge < -0.3 is 24.5 Å². The van der Waals surface area contributed by atoms with Crippen LogP contribution < -0.4 is 20.1 Å². The SMILES string of the molecule is CC(C)CC(NC(=O)c1ccc(-c2cccc(C(F)(F)F)c2)o1)C(=O)N[C@H]1COc2ccccc2OCC1=O. The molecule has 2 heterocycles. The standard InChI is InChI=1S/C28H27F3N2O6/c1-16(2)12-19(26(35)33-20-14-37-23-8-3-4-9-24(23)38-15-21(20)34)32-27(36)25-11-10-22(39-25)17-6-5-7-18(13-17)28(29,30)31/h3-11,13,16,19-20H,12,14-15H2,1-2H3,(H,32,36)(H,33,35)/t19?,20-/m0/s1. The zero-order valence-electron chi connectivity index (χ0n) is 21.2. The van der Waals surface area contributed by atoms with Gasteiger partial charge in [-0.3, -0.25) is 14.4 Å². The van der Waals surface area contributed by atoms with Crippen LogP contribution in [0.25, 0.3) is 11.3 Å². The first-order valence-corrected chi connectivity index (χ1v) is 12.3. The zero-order chi connectivity index (χ0) is 28.2. The van der Waals surface area contributed by atoms with Crippen molar-refractivity contribution in [2.24, 2.45) is 5.92 Å². The number of hydrogen-bond donors (Lipinski definition) is 2. The molecule has 206 valence electrons. The maximum absolute atomic E-state index is 13.1. The van der Waals surface area contributed by atoms with Crippen LogP contribution in [0.4, 0.5) is 13.2 Å². The van der Waals surface area contributed by atoms with E-state index in [0.717, 1.165) is 12.1 Å². The molecule has 2 aromatic carbocycles. The second-order valence-electron chi connectivity index (χ2n) is 9.47. The molecular formula is C28H27F3N2O6. The molecule has 0 spiro atoms. The summed E-state index contributed by atoms with van der Waals surface area (Å²) in [4.78, 5) is 38.7. The van der Waals surface area contributed by atoms with Gasteiger partial charge in [0.2, 0.25) is 5.91 Å². The summed E-state index contributed by atoms with van der Waals surface area (Å²) in [6.45, 7) is 3.34. The van der Waals surface area contributed by atoms with E-state index in [1.807, 2.05) is 13.8 Å². The van der Waals surface area contributed by atoms with E-state index in [0.29, 0.717) is 11.5 Å². The molecular weight excluding hydrogens is 517 g/mol. The van der Waals surface area contributed by atoms with Crippen LogP contribution in [0.1, 0.15) is 36.4 Å². The van der Waals surface area contributed by atoms with Gasteiger partial charge in [0.15, 0.2) is 23.0 Å². The van der Waals surface area contributed by atoms with E-state index in [4.69, 9.17) is 13.9 Å². The maximum atomic E-state index is 13.1. The van der Waals surface area contributed by atoms with Gasteiger partial charge in [-0.15, -0.1) is 0 Å². The van der Waals surface area contributed by atoms with Gasteiger partial charge in [-0.05, 0) is 48.7 Å². The van der Waals surface area contributed by atoms with Crippen molar-refractivity contribution in [3.05, 3.63) is 72.0 Å². The molecule has 0 radical (unpaired) electrons. The molecule has 2 amide bonds. The van der Waals surface area contributed by atoms with Crippen molar-refractivity contribution < 1.29 is 41.4 Å². The number of Topliss-reactive ketones (excluding diaryl/α,β-unsaturated/α-hetero) is 1. The molecule has 0 saturated heterocycles. The summed E-state index contributed by atoms with van der Waals surface area (Å²) in [5, 5.41) is 5.24. The average molecular weight is 545 g/mol. The molecule has 2 atom stereocenters. The number of carbonyl (C=O) groups excluding carboxylic acids is 3. The first-order valence-electron chi connectivity index (χ1n) is 12.3. The highest BCUT2D eigenvalue weighted by atomic mass is 19.4. The molecule has 3 aromatic rings. The van der Waals surface area contributed by atoms with E-state index in [2.05, 4.69) is 10.6 Å².